The molecule has 2 aromatic rings. The first-order valence-electron chi connectivity index (χ1n) is 10.1. The zero-order valence-corrected chi connectivity index (χ0v) is 19.0. The zero-order chi connectivity index (χ0) is 23.7. The van der Waals surface area contributed by atoms with Gasteiger partial charge in [0.1, 0.15) is 12.5 Å². The lowest BCUT2D eigenvalue weighted by Crippen LogP contribution is -2.24. The maximum absolute atomic E-state index is 14.2. The Morgan fingerprint density at radius 1 is 1.28 bits per heavy atom. The van der Waals surface area contributed by atoms with Gasteiger partial charge in [0.2, 0.25) is 21.8 Å². The Balaban J connectivity index is 2.07. The smallest absolute Gasteiger partial charge is 0.244 e. The Bertz CT molecular complexity index is 1070. The lowest BCUT2D eigenvalue weighted by atomic mass is 10.1. The van der Waals surface area contributed by atoms with Gasteiger partial charge in [0.25, 0.3) is 0 Å². The van der Waals surface area contributed by atoms with Crippen LogP contribution in [0.25, 0.3) is 6.08 Å². The van der Waals surface area contributed by atoms with E-state index in [-0.39, 0.29) is 17.3 Å². The number of benzene rings is 1. The molecule has 0 radical (unpaired) electrons. The fourth-order valence-corrected chi connectivity index (χ4v) is 3.28. The quantitative estimate of drug-likeness (QED) is 0.383. The van der Waals surface area contributed by atoms with Crippen LogP contribution < -0.4 is 14.8 Å². The molecule has 2 N–H and O–H groups in total. The number of pyridine rings is 1. The second kappa shape index (κ2) is 11.6. The number of hydrogen-bond acceptors (Lipinski definition) is 5. The second-order valence-corrected chi connectivity index (χ2v) is 8.96. The van der Waals surface area contributed by atoms with E-state index in [0.29, 0.717) is 17.7 Å². The van der Waals surface area contributed by atoms with Crippen molar-refractivity contribution < 1.29 is 26.7 Å². The normalized spacial score (nSPS) is 12.5. The molecule has 0 unspecified atom stereocenters. The van der Waals surface area contributed by atoms with E-state index >= 15 is 0 Å². The van der Waals surface area contributed by atoms with Crippen LogP contribution in [0.1, 0.15) is 49.6 Å². The van der Waals surface area contributed by atoms with E-state index in [2.05, 4.69) is 15.0 Å². The van der Waals surface area contributed by atoms with Gasteiger partial charge in [-0.25, -0.2) is 22.2 Å². The summed E-state index contributed by atoms with van der Waals surface area (Å²) in [5.41, 5.74) is 1.06. The molecule has 2 rings (SSSR count). The number of hydrogen-bond donors (Lipinski definition) is 2. The highest BCUT2D eigenvalue weighted by atomic mass is 32.2. The van der Waals surface area contributed by atoms with Gasteiger partial charge in [0.05, 0.1) is 30.3 Å². The zero-order valence-electron chi connectivity index (χ0n) is 18.2. The lowest BCUT2D eigenvalue weighted by molar-refractivity contribution is -0.117. The highest BCUT2D eigenvalue weighted by molar-refractivity contribution is 7.92. The summed E-state index contributed by atoms with van der Waals surface area (Å²) in [6, 6.07) is 6.57. The van der Waals surface area contributed by atoms with Crippen LogP contribution in [0.4, 0.5) is 14.5 Å². The number of anilines is 1. The first-order valence-corrected chi connectivity index (χ1v) is 12.0. The Labute approximate surface area is 186 Å². The summed E-state index contributed by atoms with van der Waals surface area (Å²) in [5.74, 6) is -0.940. The predicted octanol–water partition coefficient (Wildman–Crippen LogP) is 4.13. The van der Waals surface area contributed by atoms with E-state index in [1.165, 1.54) is 30.4 Å². The minimum Gasteiger partial charge on any atom is -0.477 e. The number of ether oxygens (including phenoxy) is 1. The maximum atomic E-state index is 14.2. The van der Waals surface area contributed by atoms with Crippen LogP contribution in [0.2, 0.25) is 0 Å². The fraction of sp³-hybridized carbons (Fsp3) is 0.364. The van der Waals surface area contributed by atoms with E-state index in [9.17, 15) is 22.0 Å². The summed E-state index contributed by atoms with van der Waals surface area (Å²) >= 11 is 0. The van der Waals surface area contributed by atoms with Gasteiger partial charge in [0.15, 0.2) is 0 Å². The molecule has 0 fully saturated rings. The van der Waals surface area contributed by atoms with Gasteiger partial charge in [-0.3, -0.25) is 9.52 Å². The van der Waals surface area contributed by atoms with Crippen LogP contribution >= 0.6 is 0 Å². The Hall–Kier alpha value is -3.01. The number of amides is 1. The van der Waals surface area contributed by atoms with Crippen molar-refractivity contribution in [2.75, 3.05) is 17.6 Å². The van der Waals surface area contributed by atoms with Gasteiger partial charge in [-0.2, -0.15) is 0 Å². The molecule has 1 heterocycles. The molecule has 0 saturated carbocycles. The third-order valence-electron chi connectivity index (χ3n) is 4.38. The Kier molecular flexibility index (Phi) is 9.13. The Morgan fingerprint density at radius 3 is 2.66 bits per heavy atom. The molecule has 1 aromatic carbocycles. The average Bonchev–Trinajstić information content (AvgIpc) is 2.73. The first kappa shape index (κ1) is 25.3. The molecular formula is C22H27F2N3O4S. The SMILES string of the molecule is CCCCOc1nc(CF)ccc1/C=C/C(=O)N[C@H](C)c1ccc(NS(C)(=O)=O)c(F)c1. The number of carbonyl (C=O) groups excluding carboxylic acids is 1. The van der Waals surface area contributed by atoms with E-state index in [0.717, 1.165) is 25.2 Å². The minimum atomic E-state index is -3.61. The van der Waals surface area contributed by atoms with Crippen molar-refractivity contribution in [3.8, 4) is 5.88 Å². The molecule has 10 heteroatoms. The molecular weight excluding hydrogens is 440 g/mol. The van der Waals surface area contributed by atoms with Gasteiger partial charge >= 0.3 is 0 Å². The molecule has 0 aliphatic carbocycles. The highest BCUT2D eigenvalue weighted by Gasteiger charge is 2.13. The second-order valence-electron chi connectivity index (χ2n) is 7.21. The van der Waals surface area contributed by atoms with Crippen LogP contribution in [-0.2, 0) is 21.5 Å². The molecule has 1 atom stereocenters. The molecule has 32 heavy (non-hydrogen) atoms. The predicted molar refractivity (Wildman–Crippen MR) is 120 cm³/mol. The topological polar surface area (TPSA) is 97.4 Å². The van der Waals surface area contributed by atoms with Crippen LogP contribution in [0, 0.1) is 5.82 Å². The van der Waals surface area contributed by atoms with Crippen molar-refractivity contribution in [2.24, 2.45) is 0 Å². The molecule has 174 valence electrons. The van der Waals surface area contributed by atoms with Gasteiger partial charge in [0, 0.05) is 11.6 Å². The standard InChI is InChI=1S/C22H27F2N3O4S/c1-4-5-12-31-22-16(6-9-18(14-23)26-22)8-11-21(28)25-15(2)17-7-10-20(19(24)13-17)27-32(3,29)30/h6-11,13,15,27H,4-5,12,14H2,1-3H3,(H,25,28)/b11-8+/t15-/m1/s1. The van der Waals surface area contributed by atoms with Gasteiger partial charge < -0.3 is 10.1 Å². The molecule has 0 saturated heterocycles. The highest BCUT2D eigenvalue weighted by Crippen LogP contribution is 2.22. The van der Waals surface area contributed by atoms with Gasteiger partial charge in [-0.05, 0) is 49.2 Å². The van der Waals surface area contributed by atoms with Gasteiger partial charge in [-0.1, -0.05) is 19.4 Å². The third kappa shape index (κ3) is 7.92. The summed E-state index contributed by atoms with van der Waals surface area (Å²) < 4.78 is 57.3. The number of carbonyl (C=O) groups is 1. The number of rotatable bonds is 11. The Morgan fingerprint density at radius 2 is 2.03 bits per heavy atom. The monoisotopic (exact) mass is 467 g/mol. The van der Waals surface area contributed by atoms with Crippen LogP contribution in [0.5, 0.6) is 5.88 Å². The number of nitrogens with zero attached hydrogens (tertiary/aromatic N) is 1. The first-order chi connectivity index (χ1) is 15.1. The molecule has 0 aliphatic heterocycles. The van der Waals surface area contributed by atoms with Crippen molar-refractivity contribution in [3.05, 3.63) is 59.0 Å². The summed E-state index contributed by atoms with van der Waals surface area (Å²) in [6.07, 6.45) is 5.47. The molecule has 0 spiro atoms. The molecule has 7 nitrogen and oxygen atoms in total. The number of unbranched alkanes of at least 4 members (excludes halogenated alkanes) is 1. The molecule has 1 aromatic heterocycles. The van der Waals surface area contributed by atoms with E-state index < -0.39 is 34.5 Å². The van der Waals surface area contributed by atoms with Crippen LogP contribution in [-0.4, -0.2) is 32.2 Å². The van der Waals surface area contributed by atoms with Crippen molar-refractivity contribution in [1.29, 1.82) is 0 Å². The maximum Gasteiger partial charge on any atom is 0.244 e. The van der Waals surface area contributed by atoms with E-state index in [1.807, 2.05) is 6.92 Å². The summed E-state index contributed by atoms with van der Waals surface area (Å²) in [5, 5.41) is 2.70. The molecule has 1 amide bonds. The number of sulfonamides is 1. The van der Waals surface area contributed by atoms with E-state index in [4.69, 9.17) is 4.74 Å². The van der Waals surface area contributed by atoms with Crippen LogP contribution in [0.15, 0.2) is 36.4 Å². The van der Waals surface area contributed by atoms with Crippen molar-refractivity contribution >= 4 is 27.7 Å². The third-order valence-corrected chi connectivity index (χ3v) is 4.97. The summed E-state index contributed by atoms with van der Waals surface area (Å²) in [7, 11) is -3.61. The largest absolute Gasteiger partial charge is 0.477 e. The number of halogens is 2. The fourth-order valence-electron chi connectivity index (χ4n) is 2.71. The van der Waals surface area contributed by atoms with Crippen LogP contribution in [0.3, 0.4) is 0 Å². The minimum absolute atomic E-state index is 0.172. The van der Waals surface area contributed by atoms with Crippen molar-refractivity contribution in [1.82, 2.24) is 10.3 Å². The summed E-state index contributed by atoms with van der Waals surface area (Å²) in [4.78, 5) is 16.5. The molecule has 0 aliphatic rings. The van der Waals surface area contributed by atoms with Gasteiger partial charge in [-0.15, -0.1) is 0 Å². The molecule has 0 bridgehead atoms. The number of alkyl halides is 1. The lowest BCUT2D eigenvalue weighted by Gasteiger charge is -2.14. The van der Waals surface area contributed by atoms with Crippen molar-refractivity contribution in [3.63, 3.8) is 0 Å². The average molecular weight is 468 g/mol. The number of nitrogens with one attached hydrogen (secondary N) is 2. The number of aromatic nitrogens is 1. The van der Waals surface area contributed by atoms with E-state index in [1.54, 1.807) is 13.0 Å². The van der Waals surface area contributed by atoms with Crippen molar-refractivity contribution in [2.45, 2.75) is 39.4 Å². The summed E-state index contributed by atoms with van der Waals surface area (Å²) in [6.45, 7) is 3.39.